The Kier molecular flexibility index (Phi) is 5.36. The molecule has 0 atom stereocenters. The van der Waals surface area contributed by atoms with Crippen molar-refractivity contribution < 1.29 is 14.6 Å². The number of nitrogens with zero attached hydrogens (tertiary/aromatic N) is 5. The minimum absolute atomic E-state index is 0.270. The lowest BCUT2D eigenvalue weighted by Crippen LogP contribution is -2.47. The van der Waals surface area contributed by atoms with Crippen LogP contribution in [0.15, 0.2) is 0 Å². The minimum Gasteiger partial charge on any atom is -0.465 e. The Morgan fingerprint density at radius 2 is 1.89 bits per heavy atom. The Morgan fingerprint density at radius 1 is 1.19 bits per heavy atom. The fraction of sp³-hybridized carbons (Fsp3) is 0.588. The summed E-state index contributed by atoms with van der Waals surface area (Å²) in [5.41, 5.74) is 2.05. The van der Waals surface area contributed by atoms with Crippen molar-refractivity contribution in [2.75, 3.05) is 57.4 Å². The number of halogens is 1. The summed E-state index contributed by atoms with van der Waals surface area (Å²) in [5, 5.41) is 9.37. The van der Waals surface area contributed by atoms with Crippen LogP contribution in [0.4, 0.5) is 10.6 Å². The zero-order chi connectivity index (χ0) is 19.0. The van der Waals surface area contributed by atoms with Crippen molar-refractivity contribution in [1.29, 1.82) is 0 Å². The first-order valence-electron chi connectivity index (χ1n) is 9.01. The van der Waals surface area contributed by atoms with E-state index in [1.165, 1.54) is 9.78 Å². The van der Waals surface area contributed by atoms with E-state index in [1.54, 1.807) is 11.3 Å². The molecular formula is C17H22ClN5O3S. The van der Waals surface area contributed by atoms with Crippen LogP contribution in [0.1, 0.15) is 10.4 Å². The van der Waals surface area contributed by atoms with Crippen molar-refractivity contribution in [3.05, 3.63) is 15.7 Å². The van der Waals surface area contributed by atoms with Gasteiger partial charge < -0.3 is 19.6 Å². The maximum Gasteiger partial charge on any atom is 0.407 e. The summed E-state index contributed by atoms with van der Waals surface area (Å²) in [4.78, 5) is 27.3. The molecule has 2 aromatic rings. The van der Waals surface area contributed by atoms with Gasteiger partial charge >= 0.3 is 6.09 Å². The predicted octanol–water partition coefficient (Wildman–Crippen LogP) is 2.29. The number of aromatic nitrogens is 2. The number of hydrogen-bond acceptors (Lipinski definition) is 7. The summed E-state index contributed by atoms with van der Waals surface area (Å²) >= 11 is 7.93. The summed E-state index contributed by atoms with van der Waals surface area (Å²) < 4.78 is 6.52. The number of rotatable bonds is 3. The summed E-state index contributed by atoms with van der Waals surface area (Å²) in [6.45, 7) is 8.41. The summed E-state index contributed by atoms with van der Waals surface area (Å²) in [5.74, 6) is 0.892. The average molecular weight is 412 g/mol. The Morgan fingerprint density at radius 3 is 2.56 bits per heavy atom. The van der Waals surface area contributed by atoms with E-state index in [2.05, 4.69) is 26.7 Å². The SMILES string of the molecule is Cc1c(CN2CCN(C(=O)O)CC2)sc2c(N3CCOCC3)nc(Cl)nc12. The highest BCUT2D eigenvalue weighted by Crippen LogP contribution is 2.37. The molecular weight excluding hydrogens is 390 g/mol. The molecule has 2 saturated heterocycles. The average Bonchev–Trinajstić information content (AvgIpc) is 2.98. The molecule has 0 radical (unpaired) electrons. The van der Waals surface area contributed by atoms with Crippen LogP contribution in [-0.2, 0) is 11.3 Å². The topological polar surface area (TPSA) is 82.0 Å². The van der Waals surface area contributed by atoms with Gasteiger partial charge in [0.1, 0.15) is 0 Å². The molecule has 10 heteroatoms. The third-order valence-corrected chi connectivity index (χ3v) is 6.57. The number of carbonyl (C=O) groups is 1. The lowest BCUT2D eigenvalue weighted by molar-refractivity contribution is 0.103. The molecule has 0 aliphatic carbocycles. The molecule has 0 aromatic carbocycles. The summed E-state index contributed by atoms with van der Waals surface area (Å²) in [6, 6.07) is 0. The molecule has 0 bridgehead atoms. The monoisotopic (exact) mass is 411 g/mol. The summed E-state index contributed by atoms with van der Waals surface area (Å²) in [6.07, 6.45) is -0.840. The second-order valence-electron chi connectivity index (χ2n) is 6.79. The van der Waals surface area contributed by atoms with Crippen LogP contribution in [0.2, 0.25) is 5.28 Å². The van der Waals surface area contributed by atoms with Crippen LogP contribution in [0.25, 0.3) is 10.2 Å². The van der Waals surface area contributed by atoms with Gasteiger partial charge in [-0.3, -0.25) is 4.90 Å². The highest BCUT2D eigenvalue weighted by Gasteiger charge is 2.24. The second kappa shape index (κ2) is 7.75. The van der Waals surface area contributed by atoms with Crippen molar-refractivity contribution in [2.45, 2.75) is 13.5 Å². The number of fused-ring (bicyclic) bond motifs is 1. The number of hydrogen-bond donors (Lipinski definition) is 1. The first-order valence-corrected chi connectivity index (χ1v) is 10.2. The molecule has 2 aromatic heterocycles. The van der Waals surface area contributed by atoms with Crippen LogP contribution in [-0.4, -0.2) is 83.4 Å². The van der Waals surface area contributed by atoms with Gasteiger partial charge in [-0.2, -0.15) is 4.98 Å². The van der Waals surface area contributed by atoms with Crippen LogP contribution >= 0.6 is 22.9 Å². The molecule has 2 aliphatic heterocycles. The van der Waals surface area contributed by atoms with E-state index in [9.17, 15) is 4.79 Å². The van der Waals surface area contributed by atoms with Crippen LogP contribution in [0, 0.1) is 6.92 Å². The Hall–Kier alpha value is -1.68. The molecule has 8 nitrogen and oxygen atoms in total. The lowest BCUT2D eigenvalue weighted by Gasteiger charge is -2.32. The van der Waals surface area contributed by atoms with Gasteiger partial charge in [0, 0.05) is 50.7 Å². The van der Waals surface area contributed by atoms with Crippen molar-refractivity contribution >= 4 is 45.1 Å². The molecule has 4 rings (SSSR count). The smallest absolute Gasteiger partial charge is 0.407 e. The maximum absolute atomic E-state index is 11.1. The highest BCUT2D eigenvalue weighted by atomic mass is 35.5. The Bertz CT molecular complexity index is 847. The molecule has 146 valence electrons. The van der Waals surface area contributed by atoms with E-state index >= 15 is 0 Å². The molecule has 1 amide bonds. The molecule has 0 spiro atoms. The van der Waals surface area contributed by atoms with Gasteiger partial charge in [-0.1, -0.05) is 0 Å². The molecule has 0 saturated carbocycles. The van der Waals surface area contributed by atoms with E-state index in [-0.39, 0.29) is 5.28 Å². The quantitative estimate of drug-likeness (QED) is 0.776. The van der Waals surface area contributed by atoms with E-state index < -0.39 is 6.09 Å². The fourth-order valence-corrected chi connectivity index (χ4v) is 5.00. The van der Waals surface area contributed by atoms with E-state index in [0.29, 0.717) is 26.3 Å². The normalized spacial score (nSPS) is 19.0. The molecule has 27 heavy (non-hydrogen) atoms. The van der Waals surface area contributed by atoms with Gasteiger partial charge in [0.25, 0.3) is 0 Å². The van der Waals surface area contributed by atoms with Crippen molar-refractivity contribution in [1.82, 2.24) is 19.8 Å². The molecule has 1 N–H and O–H groups in total. The zero-order valence-corrected chi connectivity index (χ0v) is 16.7. The van der Waals surface area contributed by atoms with Crippen LogP contribution in [0.5, 0.6) is 0 Å². The van der Waals surface area contributed by atoms with Crippen LogP contribution in [0.3, 0.4) is 0 Å². The standard InChI is InChI=1S/C17H22ClN5O3S/c1-11-12(10-21-2-4-23(5-3-21)17(24)25)27-14-13(11)19-16(18)20-15(14)22-6-8-26-9-7-22/h2-10H2,1H3,(H,24,25). The Balaban J connectivity index is 1.59. The van der Waals surface area contributed by atoms with Gasteiger partial charge in [0.2, 0.25) is 5.28 Å². The number of anilines is 1. The van der Waals surface area contributed by atoms with Gasteiger partial charge in [-0.25, -0.2) is 9.78 Å². The van der Waals surface area contributed by atoms with Gasteiger partial charge in [-0.15, -0.1) is 11.3 Å². The van der Waals surface area contributed by atoms with Gasteiger partial charge in [-0.05, 0) is 24.1 Å². The molecule has 0 unspecified atom stereocenters. The van der Waals surface area contributed by atoms with E-state index in [0.717, 1.165) is 54.3 Å². The lowest BCUT2D eigenvalue weighted by atomic mass is 10.2. The molecule has 2 fully saturated rings. The number of ether oxygens (including phenoxy) is 1. The Labute approximate surface area is 166 Å². The molecule has 2 aliphatic rings. The third kappa shape index (κ3) is 3.82. The first-order chi connectivity index (χ1) is 13.0. The number of amides is 1. The second-order valence-corrected chi connectivity index (χ2v) is 8.23. The fourth-order valence-electron chi connectivity index (χ4n) is 3.53. The maximum atomic E-state index is 11.1. The van der Waals surface area contributed by atoms with Crippen molar-refractivity contribution in [3.8, 4) is 0 Å². The third-order valence-electron chi connectivity index (χ3n) is 5.14. The predicted molar refractivity (Wildman–Crippen MR) is 105 cm³/mol. The zero-order valence-electron chi connectivity index (χ0n) is 15.1. The number of carboxylic acid groups (broad SMARTS) is 1. The number of morpholine rings is 1. The first kappa shape index (κ1) is 18.7. The van der Waals surface area contributed by atoms with Crippen molar-refractivity contribution in [3.63, 3.8) is 0 Å². The van der Waals surface area contributed by atoms with Gasteiger partial charge in [0.15, 0.2) is 5.82 Å². The minimum atomic E-state index is -0.840. The van der Waals surface area contributed by atoms with Gasteiger partial charge in [0.05, 0.1) is 23.4 Å². The molecule has 4 heterocycles. The van der Waals surface area contributed by atoms with E-state index in [1.807, 2.05) is 0 Å². The van der Waals surface area contributed by atoms with Crippen molar-refractivity contribution in [2.24, 2.45) is 0 Å². The summed E-state index contributed by atoms with van der Waals surface area (Å²) in [7, 11) is 0. The number of piperazine rings is 1. The number of aryl methyl sites for hydroxylation is 1. The largest absolute Gasteiger partial charge is 0.465 e. The number of thiophene rings is 1. The van der Waals surface area contributed by atoms with Crippen LogP contribution < -0.4 is 4.90 Å². The highest BCUT2D eigenvalue weighted by molar-refractivity contribution is 7.19. The van der Waals surface area contributed by atoms with E-state index in [4.69, 9.17) is 21.4 Å².